The first-order chi connectivity index (χ1) is 12.9. The number of amides is 2. The molecule has 0 saturated carbocycles. The molecule has 0 bridgehead atoms. The lowest BCUT2D eigenvalue weighted by Crippen LogP contribution is -2.39. The Kier molecular flexibility index (Phi) is 7.64. The average molecular weight is 390 g/mol. The number of hydrogen-bond acceptors (Lipinski definition) is 4. The molecular weight excluding hydrogens is 366 g/mol. The van der Waals surface area contributed by atoms with Crippen molar-refractivity contribution in [2.24, 2.45) is 0 Å². The van der Waals surface area contributed by atoms with Crippen molar-refractivity contribution in [3.05, 3.63) is 59.1 Å². The van der Waals surface area contributed by atoms with E-state index in [0.717, 1.165) is 11.3 Å². The molecule has 0 radical (unpaired) electrons. The fourth-order valence-electron chi connectivity index (χ4n) is 2.54. The summed E-state index contributed by atoms with van der Waals surface area (Å²) in [6, 6.07) is 14.2. The second kappa shape index (κ2) is 9.94. The lowest BCUT2D eigenvalue weighted by atomic mass is 10.1. The number of nitrogens with zero attached hydrogens (tertiary/aromatic N) is 1. The highest BCUT2D eigenvalue weighted by Crippen LogP contribution is 2.16. The number of rotatable bonds is 8. The maximum Gasteiger partial charge on any atom is 0.238 e. The highest BCUT2D eigenvalue weighted by atomic mass is 35.5. The highest BCUT2D eigenvalue weighted by molar-refractivity contribution is 6.30. The summed E-state index contributed by atoms with van der Waals surface area (Å²) in [5.74, 6) is 0.370. The minimum absolute atomic E-state index is 0.106. The van der Waals surface area contributed by atoms with Crippen LogP contribution in [0, 0.1) is 0 Å². The number of carbonyl (C=O) groups excluding carboxylic acids is 2. The zero-order chi connectivity index (χ0) is 19.8. The van der Waals surface area contributed by atoms with Gasteiger partial charge in [0.1, 0.15) is 5.75 Å². The summed E-state index contributed by atoms with van der Waals surface area (Å²) in [5, 5.41) is 6.35. The minimum atomic E-state index is -0.193. The van der Waals surface area contributed by atoms with Crippen LogP contribution in [-0.4, -0.2) is 44.0 Å². The third kappa shape index (κ3) is 6.92. The van der Waals surface area contributed by atoms with Crippen molar-refractivity contribution < 1.29 is 14.3 Å². The molecule has 0 fully saturated rings. The van der Waals surface area contributed by atoms with Crippen LogP contribution in [0.15, 0.2) is 48.5 Å². The molecule has 0 saturated heterocycles. The summed E-state index contributed by atoms with van der Waals surface area (Å²) in [6.45, 7) is 2.13. The molecule has 2 amide bonds. The molecule has 2 rings (SSSR count). The van der Waals surface area contributed by atoms with Gasteiger partial charge in [-0.15, -0.1) is 0 Å². The summed E-state index contributed by atoms with van der Waals surface area (Å²) in [6.07, 6.45) is 0. The van der Waals surface area contributed by atoms with E-state index in [1.54, 1.807) is 55.5 Å². The summed E-state index contributed by atoms with van der Waals surface area (Å²) < 4.78 is 5.08. The molecule has 0 unspecified atom stereocenters. The van der Waals surface area contributed by atoms with Crippen LogP contribution >= 0.6 is 11.6 Å². The third-order valence-corrected chi connectivity index (χ3v) is 4.20. The smallest absolute Gasteiger partial charge is 0.238 e. The van der Waals surface area contributed by atoms with Gasteiger partial charge in [-0.3, -0.25) is 14.5 Å². The van der Waals surface area contributed by atoms with E-state index < -0.39 is 0 Å². The Bertz CT molecular complexity index is 763. The lowest BCUT2D eigenvalue weighted by Gasteiger charge is -2.19. The third-order valence-electron chi connectivity index (χ3n) is 3.95. The molecule has 27 heavy (non-hydrogen) atoms. The number of likely N-dealkylation sites (N-methyl/N-ethyl adjacent to an activating group) is 1. The van der Waals surface area contributed by atoms with Gasteiger partial charge in [0.2, 0.25) is 11.8 Å². The number of methoxy groups -OCH3 is 1. The second-order valence-electron chi connectivity index (χ2n) is 6.29. The van der Waals surface area contributed by atoms with Crippen molar-refractivity contribution >= 4 is 29.1 Å². The monoisotopic (exact) mass is 389 g/mol. The van der Waals surface area contributed by atoms with E-state index in [0.29, 0.717) is 10.7 Å². The number of halogens is 1. The summed E-state index contributed by atoms with van der Waals surface area (Å²) in [7, 11) is 3.31. The first kappa shape index (κ1) is 20.7. The Balaban J connectivity index is 1.77. The van der Waals surface area contributed by atoms with Crippen LogP contribution in [0.25, 0.3) is 0 Å². The van der Waals surface area contributed by atoms with Crippen LogP contribution in [0.2, 0.25) is 5.02 Å². The molecule has 7 heteroatoms. The SMILES string of the molecule is COc1ccc(NC(=O)CN(C)CC(=O)N[C@H](C)c2ccc(Cl)cc2)cc1. The van der Waals surface area contributed by atoms with E-state index in [-0.39, 0.29) is 30.9 Å². The van der Waals surface area contributed by atoms with Crippen LogP contribution in [0.3, 0.4) is 0 Å². The van der Waals surface area contributed by atoms with Crippen molar-refractivity contribution in [2.75, 3.05) is 32.6 Å². The Labute approximate surface area is 164 Å². The molecule has 2 N–H and O–H groups in total. The number of benzene rings is 2. The van der Waals surface area contributed by atoms with E-state index in [2.05, 4.69) is 10.6 Å². The van der Waals surface area contributed by atoms with Crippen LogP contribution < -0.4 is 15.4 Å². The maximum absolute atomic E-state index is 12.2. The van der Waals surface area contributed by atoms with Gasteiger partial charge in [-0.2, -0.15) is 0 Å². The molecule has 0 aliphatic carbocycles. The molecule has 2 aromatic carbocycles. The molecule has 0 aliphatic rings. The molecule has 0 aliphatic heterocycles. The first-order valence-electron chi connectivity index (χ1n) is 8.54. The molecule has 0 aromatic heterocycles. The maximum atomic E-state index is 12.2. The molecule has 0 spiro atoms. The Morgan fingerprint density at radius 1 is 1.04 bits per heavy atom. The fraction of sp³-hybridized carbons (Fsp3) is 0.300. The molecule has 1 atom stereocenters. The molecule has 0 heterocycles. The van der Waals surface area contributed by atoms with Gasteiger partial charge in [0, 0.05) is 10.7 Å². The van der Waals surface area contributed by atoms with Crippen molar-refractivity contribution in [2.45, 2.75) is 13.0 Å². The van der Waals surface area contributed by atoms with Crippen molar-refractivity contribution in [1.29, 1.82) is 0 Å². The van der Waals surface area contributed by atoms with Gasteiger partial charge < -0.3 is 15.4 Å². The van der Waals surface area contributed by atoms with Crippen molar-refractivity contribution in [3.8, 4) is 5.75 Å². The Morgan fingerprint density at radius 2 is 1.63 bits per heavy atom. The quantitative estimate of drug-likeness (QED) is 0.727. The predicted octanol–water partition coefficient (Wildman–Crippen LogP) is 3.10. The van der Waals surface area contributed by atoms with Gasteiger partial charge in [0.15, 0.2) is 0 Å². The number of nitrogens with one attached hydrogen (secondary N) is 2. The van der Waals surface area contributed by atoms with E-state index in [1.165, 1.54) is 0 Å². The second-order valence-corrected chi connectivity index (χ2v) is 6.73. The van der Waals surface area contributed by atoms with Gasteiger partial charge >= 0.3 is 0 Å². The first-order valence-corrected chi connectivity index (χ1v) is 8.92. The number of carbonyl (C=O) groups is 2. The van der Waals surface area contributed by atoms with Crippen LogP contribution in [0.5, 0.6) is 5.75 Å². The van der Waals surface area contributed by atoms with Crippen LogP contribution in [0.1, 0.15) is 18.5 Å². The van der Waals surface area contributed by atoms with Crippen LogP contribution in [-0.2, 0) is 9.59 Å². The summed E-state index contributed by atoms with van der Waals surface area (Å²) >= 11 is 5.87. The molecular formula is C20H24ClN3O3. The number of anilines is 1. The number of ether oxygens (including phenoxy) is 1. The topological polar surface area (TPSA) is 70.7 Å². The van der Waals surface area contributed by atoms with Gasteiger partial charge in [-0.1, -0.05) is 23.7 Å². The minimum Gasteiger partial charge on any atom is -0.497 e. The van der Waals surface area contributed by atoms with E-state index in [9.17, 15) is 9.59 Å². The van der Waals surface area contributed by atoms with Crippen molar-refractivity contribution in [1.82, 2.24) is 10.2 Å². The summed E-state index contributed by atoms with van der Waals surface area (Å²) in [5.41, 5.74) is 1.64. The van der Waals surface area contributed by atoms with Crippen LogP contribution in [0.4, 0.5) is 5.69 Å². The Hall–Kier alpha value is -2.57. The average Bonchev–Trinajstić information content (AvgIpc) is 2.62. The van der Waals surface area contributed by atoms with Gasteiger partial charge in [-0.25, -0.2) is 0 Å². The number of hydrogen-bond donors (Lipinski definition) is 2. The molecule has 6 nitrogen and oxygen atoms in total. The predicted molar refractivity (Wildman–Crippen MR) is 107 cm³/mol. The fourth-order valence-corrected chi connectivity index (χ4v) is 2.67. The highest BCUT2D eigenvalue weighted by Gasteiger charge is 2.14. The van der Waals surface area contributed by atoms with E-state index in [1.807, 2.05) is 19.1 Å². The summed E-state index contributed by atoms with van der Waals surface area (Å²) in [4.78, 5) is 26.0. The molecule has 144 valence electrons. The standard InChI is InChI=1S/C20H24ClN3O3/c1-14(15-4-6-16(21)7-5-15)22-19(25)12-24(2)13-20(26)23-17-8-10-18(27-3)11-9-17/h4-11,14H,12-13H2,1-3H3,(H,22,25)(H,23,26)/t14-/m1/s1. The van der Waals surface area contributed by atoms with Gasteiger partial charge in [0.25, 0.3) is 0 Å². The Morgan fingerprint density at radius 3 is 2.22 bits per heavy atom. The lowest BCUT2D eigenvalue weighted by molar-refractivity contribution is -0.123. The van der Waals surface area contributed by atoms with E-state index in [4.69, 9.17) is 16.3 Å². The van der Waals surface area contributed by atoms with Gasteiger partial charge in [-0.05, 0) is 55.9 Å². The largest absolute Gasteiger partial charge is 0.497 e. The zero-order valence-electron chi connectivity index (χ0n) is 15.7. The van der Waals surface area contributed by atoms with E-state index >= 15 is 0 Å². The normalized spacial score (nSPS) is 11.7. The van der Waals surface area contributed by atoms with Gasteiger partial charge in [0.05, 0.1) is 26.2 Å². The van der Waals surface area contributed by atoms with Crippen molar-refractivity contribution in [3.63, 3.8) is 0 Å². The zero-order valence-corrected chi connectivity index (χ0v) is 16.4. The molecule has 2 aromatic rings.